The van der Waals surface area contributed by atoms with Gasteiger partial charge in [0.1, 0.15) is 5.75 Å². The van der Waals surface area contributed by atoms with Gasteiger partial charge in [-0.25, -0.2) is 4.79 Å². The highest BCUT2D eigenvalue weighted by molar-refractivity contribution is 5.89. The van der Waals surface area contributed by atoms with Crippen LogP contribution in [0, 0.1) is 5.41 Å². The van der Waals surface area contributed by atoms with Crippen molar-refractivity contribution in [3.05, 3.63) is 24.3 Å². The molecule has 0 aromatic heterocycles. The maximum atomic E-state index is 12.3. The lowest BCUT2D eigenvalue weighted by Crippen LogP contribution is -2.36. The molecule has 21 heavy (non-hydrogen) atoms. The summed E-state index contributed by atoms with van der Waals surface area (Å²) in [6.07, 6.45) is 2.28. The normalized spacial score (nSPS) is 24.0. The van der Waals surface area contributed by atoms with E-state index in [1.807, 2.05) is 29.2 Å². The van der Waals surface area contributed by atoms with Crippen molar-refractivity contribution in [2.75, 3.05) is 38.6 Å². The Morgan fingerprint density at radius 2 is 2.29 bits per heavy atom. The number of carbonyl (C=O) groups excluding carboxylic acids is 1. The van der Waals surface area contributed by atoms with Crippen molar-refractivity contribution in [3.63, 3.8) is 0 Å². The van der Waals surface area contributed by atoms with Crippen molar-refractivity contribution in [1.82, 2.24) is 10.2 Å². The molecule has 0 bridgehead atoms. The first-order chi connectivity index (χ1) is 9.71. The van der Waals surface area contributed by atoms with E-state index < -0.39 is 0 Å². The number of amides is 2. The number of benzene rings is 1. The van der Waals surface area contributed by atoms with Crippen LogP contribution >= 0.6 is 12.4 Å². The van der Waals surface area contributed by atoms with Gasteiger partial charge in [-0.2, -0.15) is 0 Å². The molecule has 2 heterocycles. The molecule has 1 aromatic rings. The summed E-state index contributed by atoms with van der Waals surface area (Å²) in [6, 6.07) is 7.44. The molecular formula is C15H22ClN3O2. The predicted molar refractivity (Wildman–Crippen MR) is 85.4 cm³/mol. The highest BCUT2D eigenvalue weighted by atomic mass is 35.5. The van der Waals surface area contributed by atoms with Gasteiger partial charge in [0.05, 0.1) is 7.11 Å². The predicted octanol–water partition coefficient (Wildman–Crippen LogP) is 2.33. The van der Waals surface area contributed by atoms with Crippen molar-refractivity contribution in [2.45, 2.75) is 12.8 Å². The molecule has 2 aliphatic heterocycles. The number of carbonyl (C=O) groups is 1. The fraction of sp³-hybridized carbons (Fsp3) is 0.533. The highest BCUT2D eigenvalue weighted by Gasteiger charge is 2.41. The minimum Gasteiger partial charge on any atom is -0.497 e. The molecule has 2 N–H and O–H groups in total. The number of rotatable bonds is 2. The van der Waals surface area contributed by atoms with Gasteiger partial charge >= 0.3 is 6.03 Å². The lowest BCUT2D eigenvalue weighted by atomic mass is 9.87. The van der Waals surface area contributed by atoms with E-state index in [9.17, 15) is 4.79 Å². The zero-order chi connectivity index (χ0) is 14.0. The van der Waals surface area contributed by atoms with Gasteiger partial charge in [-0.1, -0.05) is 6.07 Å². The molecule has 2 fully saturated rings. The van der Waals surface area contributed by atoms with Gasteiger partial charge in [0.15, 0.2) is 0 Å². The Hall–Kier alpha value is -1.46. The van der Waals surface area contributed by atoms with E-state index in [1.165, 1.54) is 6.42 Å². The lowest BCUT2D eigenvalue weighted by Gasteiger charge is -2.23. The SMILES string of the molecule is COc1cccc(NC(=O)N2CCC3(CCNC3)C2)c1.Cl. The number of nitrogens with one attached hydrogen (secondary N) is 2. The number of urea groups is 1. The molecule has 1 aromatic carbocycles. The van der Waals surface area contributed by atoms with Crippen LogP contribution in [-0.4, -0.2) is 44.2 Å². The molecule has 0 radical (unpaired) electrons. The molecule has 3 rings (SSSR count). The van der Waals surface area contributed by atoms with Gasteiger partial charge in [0.25, 0.3) is 0 Å². The summed E-state index contributed by atoms with van der Waals surface area (Å²) in [5.41, 5.74) is 1.09. The van der Waals surface area contributed by atoms with Gasteiger partial charge in [-0.3, -0.25) is 0 Å². The first kappa shape index (κ1) is 15.9. The third-order valence-electron chi connectivity index (χ3n) is 4.38. The summed E-state index contributed by atoms with van der Waals surface area (Å²) in [7, 11) is 1.62. The number of anilines is 1. The van der Waals surface area contributed by atoms with E-state index in [0.717, 1.165) is 44.0 Å². The second-order valence-corrected chi connectivity index (χ2v) is 5.76. The molecule has 0 aliphatic carbocycles. The van der Waals surface area contributed by atoms with Crippen LogP contribution in [0.3, 0.4) is 0 Å². The van der Waals surface area contributed by atoms with Crippen molar-refractivity contribution >= 4 is 24.1 Å². The Morgan fingerprint density at radius 3 is 3.00 bits per heavy atom. The Balaban J connectivity index is 0.00000161. The van der Waals surface area contributed by atoms with Crippen molar-refractivity contribution < 1.29 is 9.53 Å². The quantitative estimate of drug-likeness (QED) is 0.881. The third kappa shape index (κ3) is 3.41. The molecule has 1 unspecified atom stereocenters. The smallest absolute Gasteiger partial charge is 0.321 e. The zero-order valence-corrected chi connectivity index (χ0v) is 13.0. The largest absolute Gasteiger partial charge is 0.497 e. The Morgan fingerprint density at radius 1 is 1.43 bits per heavy atom. The van der Waals surface area contributed by atoms with E-state index in [-0.39, 0.29) is 18.4 Å². The average Bonchev–Trinajstić information content (AvgIpc) is 3.10. The standard InChI is InChI=1S/C15H21N3O2.ClH/c1-20-13-4-2-3-12(9-13)17-14(19)18-8-6-15(11-18)5-7-16-10-15;/h2-4,9,16H,5-8,10-11H2,1H3,(H,17,19);1H. The Bertz CT molecular complexity index is 503. The van der Waals surface area contributed by atoms with Gasteiger partial charge in [0.2, 0.25) is 0 Å². The summed E-state index contributed by atoms with van der Waals surface area (Å²) in [6.45, 7) is 3.81. The topological polar surface area (TPSA) is 53.6 Å². The molecule has 0 saturated carbocycles. The first-order valence-corrected chi connectivity index (χ1v) is 7.12. The van der Waals surface area contributed by atoms with Crippen LogP contribution < -0.4 is 15.4 Å². The molecule has 116 valence electrons. The van der Waals surface area contributed by atoms with Crippen molar-refractivity contribution in [1.29, 1.82) is 0 Å². The third-order valence-corrected chi connectivity index (χ3v) is 4.38. The molecule has 2 amide bonds. The molecule has 1 atom stereocenters. The Labute approximate surface area is 131 Å². The summed E-state index contributed by atoms with van der Waals surface area (Å²) >= 11 is 0. The fourth-order valence-corrected chi connectivity index (χ4v) is 3.16. The van der Waals surface area contributed by atoms with Crippen LogP contribution in [0.25, 0.3) is 0 Å². The van der Waals surface area contributed by atoms with Gasteiger partial charge in [-0.15, -0.1) is 12.4 Å². The summed E-state index contributed by atoms with van der Waals surface area (Å²) in [5.74, 6) is 0.751. The molecule has 6 heteroatoms. The van der Waals surface area contributed by atoms with Gasteiger partial charge < -0.3 is 20.3 Å². The maximum Gasteiger partial charge on any atom is 0.321 e. The van der Waals surface area contributed by atoms with Crippen molar-refractivity contribution in [3.8, 4) is 5.75 Å². The molecule has 2 saturated heterocycles. The number of ether oxygens (including phenoxy) is 1. The number of hydrogen-bond acceptors (Lipinski definition) is 3. The van der Waals surface area contributed by atoms with Crippen LogP contribution in [0.1, 0.15) is 12.8 Å². The van der Waals surface area contributed by atoms with Gasteiger partial charge in [-0.05, 0) is 31.5 Å². The fourth-order valence-electron chi connectivity index (χ4n) is 3.16. The molecule has 5 nitrogen and oxygen atoms in total. The molecular weight excluding hydrogens is 290 g/mol. The van der Waals surface area contributed by atoms with E-state index in [4.69, 9.17) is 4.74 Å². The minimum atomic E-state index is -0.0120. The van der Waals surface area contributed by atoms with Crippen LogP contribution in [0.15, 0.2) is 24.3 Å². The van der Waals surface area contributed by atoms with E-state index in [0.29, 0.717) is 5.41 Å². The van der Waals surface area contributed by atoms with E-state index >= 15 is 0 Å². The van der Waals surface area contributed by atoms with Crippen LogP contribution in [-0.2, 0) is 0 Å². The molecule has 2 aliphatic rings. The Kier molecular flexibility index (Phi) is 4.96. The first-order valence-electron chi connectivity index (χ1n) is 7.12. The minimum absolute atomic E-state index is 0. The monoisotopic (exact) mass is 311 g/mol. The number of halogens is 1. The second-order valence-electron chi connectivity index (χ2n) is 5.76. The second kappa shape index (κ2) is 6.54. The number of methoxy groups -OCH3 is 1. The van der Waals surface area contributed by atoms with E-state index in [2.05, 4.69) is 10.6 Å². The average molecular weight is 312 g/mol. The van der Waals surface area contributed by atoms with Crippen LogP contribution in [0.5, 0.6) is 5.75 Å². The van der Waals surface area contributed by atoms with Crippen LogP contribution in [0.4, 0.5) is 10.5 Å². The number of hydrogen-bond donors (Lipinski definition) is 2. The number of nitrogens with zero attached hydrogens (tertiary/aromatic N) is 1. The number of likely N-dealkylation sites (tertiary alicyclic amines) is 1. The maximum absolute atomic E-state index is 12.3. The summed E-state index contributed by atoms with van der Waals surface area (Å²) < 4.78 is 5.16. The lowest BCUT2D eigenvalue weighted by molar-refractivity contribution is 0.215. The highest BCUT2D eigenvalue weighted by Crippen LogP contribution is 2.36. The zero-order valence-electron chi connectivity index (χ0n) is 12.2. The van der Waals surface area contributed by atoms with Crippen LogP contribution in [0.2, 0.25) is 0 Å². The summed E-state index contributed by atoms with van der Waals surface area (Å²) in [4.78, 5) is 14.2. The van der Waals surface area contributed by atoms with Gasteiger partial charge in [0, 0.05) is 36.8 Å². The molecule has 1 spiro atoms. The van der Waals surface area contributed by atoms with E-state index in [1.54, 1.807) is 7.11 Å². The van der Waals surface area contributed by atoms with Crippen molar-refractivity contribution in [2.24, 2.45) is 5.41 Å². The summed E-state index contributed by atoms with van der Waals surface area (Å²) in [5, 5.41) is 6.36.